The summed E-state index contributed by atoms with van der Waals surface area (Å²) < 4.78 is 23.3. The molecule has 0 fully saturated rings. The van der Waals surface area contributed by atoms with Gasteiger partial charge < -0.3 is 14.8 Å². The Morgan fingerprint density at radius 3 is 2.52 bits per heavy atom. The van der Waals surface area contributed by atoms with Gasteiger partial charge in [-0.15, -0.1) is 0 Å². The minimum absolute atomic E-state index is 0.00890. The molecule has 0 heterocycles. The Labute approximate surface area is 138 Å². The fraction of sp³-hybridized carbons (Fsp3) is 0.118. The Bertz CT molecular complexity index is 747. The van der Waals surface area contributed by atoms with E-state index in [2.05, 4.69) is 5.32 Å². The summed E-state index contributed by atoms with van der Waals surface area (Å²) in [6.45, 7) is 0. The van der Waals surface area contributed by atoms with Crippen molar-refractivity contribution in [3.05, 3.63) is 65.1 Å². The van der Waals surface area contributed by atoms with Crippen LogP contribution in [0.4, 0.5) is 10.1 Å². The molecule has 0 aliphatic rings. The molecule has 2 rings (SSSR count). The smallest absolute Gasteiger partial charge is 0.187 e. The van der Waals surface area contributed by atoms with Crippen molar-refractivity contribution in [1.29, 1.82) is 0 Å². The molecular formula is C17H15ClFNO3. The zero-order valence-electron chi connectivity index (χ0n) is 12.6. The van der Waals surface area contributed by atoms with Gasteiger partial charge in [-0.2, -0.15) is 0 Å². The van der Waals surface area contributed by atoms with Crippen molar-refractivity contribution in [3.63, 3.8) is 0 Å². The van der Waals surface area contributed by atoms with Crippen LogP contribution >= 0.6 is 11.6 Å². The van der Waals surface area contributed by atoms with E-state index in [4.69, 9.17) is 21.1 Å². The number of ether oxygens (including phenoxy) is 2. The van der Waals surface area contributed by atoms with Gasteiger partial charge in [0.25, 0.3) is 0 Å². The number of rotatable bonds is 6. The minimum atomic E-state index is -0.498. The van der Waals surface area contributed by atoms with E-state index >= 15 is 0 Å². The molecule has 0 aliphatic heterocycles. The van der Waals surface area contributed by atoms with Crippen molar-refractivity contribution in [3.8, 4) is 11.5 Å². The molecule has 0 aliphatic carbocycles. The Morgan fingerprint density at radius 2 is 1.87 bits per heavy atom. The number of hydrogen-bond donors (Lipinski definition) is 1. The van der Waals surface area contributed by atoms with Crippen LogP contribution in [0.5, 0.6) is 11.5 Å². The molecule has 0 unspecified atom stereocenters. The lowest BCUT2D eigenvalue weighted by Gasteiger charge is -2.08. The summed E-state index contributed by atoms with van der Waals surface area (Å²) in [5.41, 5.74) is 1.03. The molecular weight excluding hydrogens is 321 g/mol. The molecule has 0 saturated heterocycles. The normalized spacial score (nSPS) is 10.6. The minimum Gasteiger partial charge on any atom is -0.493 e. The average Bonchev–Trinajstić information content (AvgIpc) is 2.57. The third-order valence-corrected chi connectivity index (χ3v) is 3.36. The highest BCUT2D eigenvalue weighted by Crippen LogP contribution is 2.27. The van der Waals surface area contributed by atoms with Gasteiger partial charge in [0.1, 0.15) is 5.82 Å². The predicted molar refractivity (Wildman–Crippen MR) is 88.0 cm³/mol. The summed E-state index contributed by atoms with van der Waals surface area (Å²) >= 11 is 5.68. The monoisotopic (exact) mass is 335 g/mol. The summed E-state index contributed by atoms with van der Waals surface area (Å²) in [5.74, 6) is 0.311. The second kappa shape index (κ2) is 7.65. The molecule has 6 heteroatoms. The maximum absolute atomic E-state index is 13.0. The number of hydrogen-bond acceptors (Lipinski definition) is 4. The largest absolute Gasteiger partial charge is 0.493 e. The first-order valence-corrected chi connectivity index (χ1v) is 7.07. The lowest BCUT2D eigenvalue weighted by atomic mass is 10.1. The lowest BCUT2D eigenvalue weighted by molar-refractivity contribution is 0.104. The van der Waals surface area contributed by atoms with Crippen LogP contribution in [0.1, 0.15) is 10.4 Å². The Hall–Kier alpha value is -2.53. The number of ketones is 1. The standard InChI is InChI=1S/C17H15ClFNO3/c1-22-16-6-3-11(9-17(16)23-2)15(21)7-8-20-12-4-5-14(19)13(18)10-12/h3-10,20H,1-2H3. The van der Waals surface area contributed by atoms with Crippen molar-refractivity contribution in [2.24, 2.45) is 0 Å². The molecule has 0 spiro atoms. The van der Waals surface area contributed by atoms with Crippen LogP contribution in [0.25, 0.3) is 0 Å². The second-order valence-electron chi connectivity index (χ2n) is 4.54. The van der Waals surface area contributed by atoms with E-state index in [1.54, 1.807) is 18.2 Å². The van der Waals surface area contributed by atoms with Crippen molar-refractivity contribution in [1.82, 2.24) is 0 Å². The molecule has 23 heavy (non-hydrogen) atoms. The summed E-state index contributed by atoms with van der Waals surface area (Å²) in [4.78, 5) is 12.1. The fourth-order valence-electron chi connectivity index (χ4n) is 1.89. The Balaban J connectivity index is 2.07. The van der Waals surface area contributed by atoms with Gasteiger partial charge in [-0.05, 0) is 36.4 Å². The summed E-state index contributed by atoms with van der Waals surface area (Å²) in [7, 11) is 3.03. The number of benzene rings is 2. The van der Waals surface area contributed by atoms with Crippen molar-refractivity contribution >= 4 is 23.1 Å². The van der Waals surface area contributed by atoms with Gasteiger partial charge >= 0.3 is 0 Å². The van der Waals surface area contributed by atoms with Crippen LogP contribution < -0.4 is 14.8 Å². The van der Waals surface area contributed by atoms with Crippen LogP contribution in [0.15, 0.2) is 48.7 Å². The molecule has 0 aromatic heterocycles. The van der Waals surface area contributed by atoms with Crippen molar-refractivity contribution in [2.45, 2.75) is 0 Å². The van der Waals surface area contributed by atoms with Gasteiger partial charge in [-0.3, -0.25) is 4.79 Å². The first-order chi connectivity index (χ1) is 11.0. The maximum Gasteiger partial charge on any atom is 0.187 e. The van der Waals surface area contributed by atoms with Crippen LogP contribution in [0.3, 0.4) is 0 Å². The summed E-state index contributed by atoms with van der Waals surface area (Å²) in [5, 5.41) is 2.86. The van der Waals surface area contributed by atoms with E-state index in [0.717, 1.165) is 0 Å². The molecule has 1 N–H and O–H groups in total. The Kier molecular flexibility index (Phi) is 5.60. The first-order valence-electron chi connectivity index (χ1n) is 6.69. The van der Waals surface area contributed by atoms with Crippen molar-refractivity contribution in [2.75, 3.05) is 19.5 Å². The van der Waals surface area contributed by atoms with Crippen LogP contribution in [-0.2, 0) is 0 Å². The van der Waals surface area contributed by atoms with Crippen LogP contribution in [-0.4, -0.2) is 20.0 Å². The lowest BCUT2D eigenvalue weighted by Crippen LogP contribution is -1.98. The zero-order valence-corrected chi connectivity index (χ0v) is 13.4. The number of carbonyl (C=O) groups is 1. The molecule has 4 nitrogen and oxygen atoms in total. The second-order valence-corrected chi connectivity index (χ2v) is 4.95. The van der Waals surface area contributed by atoms with E-state index in [-0.39, 0.29) is 10.8 Å². The van der Waals surface area contributed by atoms with Crippen molar-refractivity contribution < 1.29 is 18.7 Å². The van der Waals surface area contributed by atoms with E-state index in [1.807, 2.05) is 0 Å². The number of carbonyl (C=O) groups excluding carboxylic acids is 1. The van der Waals surface area contributed by atoms with Gasteiger partial charge in [0.15, 0.2) is 17.3 Å². The van der Waals surface area contributed by atoms with Gasteiger partial charge in [0.2, 0.25) is 0 Å². The molecule has 0 bridgehead atoms. The maximum atomic E-state index is 13.0. The fourth-order valence-corrected chi connectivity index (χ4v) is 2.07. The van der Waals surface area contributed by atoms with Gasteiger partial charge in [-0.1, -0.05) is 11.6 Å². The number of allylic oxidation sites excluding steroid dienone is 1. The number of nitrogens with one attached hydrogen (secondary N) is 1. The molecule has 2 aromatic carbocycles. The first kappa shape index (κ1) is 16.8. The molecule has 2 aromatic rings. The average molecular weight is 336 g/mol. The van der Waals surface area contributed by atoms with Gasteiger partial charge in [-0.25, -0.2) is 4.39 Å². The molecule has 0 radical (unpaired) electrons. The zero-order chi connectivity index (χ0) is 16.8. The van der Waals surface area contributed by atoms with E-state index < -0.39 is 5.82 Å². The summed E-state index contributed by atoms with van der Waals surface area (Å²) in [6.07, 6.45) is 2.82. The number of methoxy groups -OCH3 is 2. The highest BCUT2D eigenvalue weighted by atomic mass is 35.5. The quantitative estimate of drug-likeness (QED) is 0.631. The molecule has 120 valence electrons. The topological polar surface area (TPSA) is 47.6 Å². The van der Waals surface area contributed by atoms with Crippen LogP contribution in [0.2, 0.25) is 5.02 Å². The van der Waals surface area contributed by atoms with Gasteiger partial charge in [0, 0.05) is 23.5 Å². The highest BCUT2D eigenvalue weighted by molar-refractivity contribution is 6.31. The Morgan fingerprint density at radius 1 is 1.13 bits per heavy atom. The third-order valence-electron chi connectivity index (χ3n) is 3.07. The van der Waals surface area contributed by atoms with E-state index in [0.29, 0.717) is 22.7 Å². The number of halogens is 2. The highest BCUT2D eigenvalue weighted by Gasteiger charge is 2.08. The van der Waals surface area contributed by atoms with Crippen LogP contribution in [0, 0.1) is 5.82 Å². The molecule has 0 amide bonds. The molecule has 0 atom stereocenters. The molecule has 0 saturated carbocycles. The predicted octanol–water partition coefficient (Wildman–Crippen LogP) is 4.30. The van der Waals surface area contributed by atoms with E-state index in [1.165, 1.54) is 44.7 Å². The number of anilines is 1. The summed E-state index contributed by atoms with van der Waals surface area (Å²) in [6, 6.07) is 9.10. The SMILES string of the molecule is COc1ccc(C(=O)C=CNc2ccc(F)c(Cl)c2)cc1OC. The third kappa shape index (κ3) is 4.23. The van der Waals surface area contributed by atoms with E-state index in [9.17, 15) is 9.18 Å². The van der Waals surface area contributed by atoms with Gasteiger partial charge in [0.05, 0.1) is 19.2 Å².